The van der Waals surface area contributed by atoms with Gasteiger partial charge >= 0.3 is 0 Å². The molecule has 1 heterocycles. The molecule has 0 radical (unpaired) electrons. The molecule has 288 valence electrons. The third-order valence-corrected chi connectivity index (χ3v) is 12.6. The van der Waals surface area contributed by atoms with Crippen molar-refractivity contribution in [2.75, 3.05) is 27.2 Å². The van der Waals surface area contributed by atoms with Gasteiger partial charge in [-0.1, -0.05) is 95.3 Å². The second kappa shape index (κ2) is 17.0. The SMILES string of the molecule is CC(C)C[C@@H](CN(C)C)N(Cc1cccc(CN2OC[C@@H]([C@H](C)O)[C@H]2C(=O)N[C@H]2C[C@H]3C[C@@H]([C@@H]2C)C3(C)C)c1)Cc1ccccc1Oc1ccccc1. The summed E-state index contributed by atoms with van der Waals surface area (Å²) in [6.45, 7) is 16.7. The molecule has 8 nitrogen and oxygen atoms in total. The second-order valence-corrected chi connectivity index (χ2v) is 17.6. The standard InChI is InChI=1S/C45H64N4O4/c1-30(2)21-37(28-47(7)8)48(27-35-17-12-13-20-42(35)53-38-18-10-9-11-19-38)25-33-15-14-16-34(22-33)26-49-43(39(29-52-49)32(4)50)44(51)46-41-24-36-23-40(31(41)3)45(36,5)6/h9-20,22,30-32,36-37,39-41,43,50H,21,23-29H2,1-8H3,(H,46,51)/t31-,32-,36+,37-,39-,40-,41-,43-/m0/s1. The molecule has 3 saturated carbocycles. The van der Waals surface area contributed by atoms with Crippen LogP contribution in [0.4, 0.5) is 0 Å². The van der Waals surface area contributed by atoms with E-state index in [1.165, 1.54) is 12.0 Å². The quantitative estimate of drug-likeness (QED) is 0.157. The van der Waals surface area contributed by atoms with Crippen LogP contribution in [0.3, 0.4) is 0 Å². The molecule has 8 heteroatoms. The molecule has 0 spiro atoms. The van der Waals surface area contributed by atoms with Crippen LogP contribution in [0.25, 0.3) is 0 Å². The van der Waals surface area contributed by atoms with Gasteiger partial charge in [0.25, 0.3) is 0 Å². The number of fused-ring (bicyclic) bond motifs is 2. The van der Waals surface area contributed by atoms with Gasteiger partial charge in [0.15, 0.2) is 0 Å². The van der Waals surface area contributed by atoms with Gasteiger partial charge in [-0.25, -0.2) is 0 Å². The Morgan fingerprint density at radius 2 is 1.70 bits per heavy atom. The number of hydroxylamine groups is 2. The monoisotopic (exact) mass is 724 g/mol. The molecule has 0 unspecified atom stereocenters. The Balaban J connectivity index is 1.20. The van der Waals surface area contributed by atoms with Crippen molar-refractivity contribution in [3.8, 4) is 11.5 Å². The van der Waals surface area contributed by atoms with Crippen LogP contribution in [0.1, 0.15) is 77.5 Å². The van der Waals surface area contributed by atoms with Crippen molar-refractivity contribution in [2.24, 2.45) is 35.0 Å². The summed E-state index contributed by atoms with van der Waals surface area (Å²) >= 11 is 0. The third kappa shape index (κ3) is 9.34. The normalized spacial score (nSPS) is 26.4. The molecule has 4 aliphatic rings. The average Bonchev–Trinajstić information content (AvgIpc) is 3.53. The fourth-order valence-electron chi connectivity index (χ4n) is 9.48. The van der Waals surface area contributed by atoms with E-state index in [1.54, 1.807) is 6.92 Å². The highest BCUT2D eigenvalue weighted by molar-refractivity contribution is 5.82. The van der Waals surface area contributed by atoms with Crippen molar-refractivity contribution in [2.45, 2.75) is 105 Å². The summed E-state index contributed by atoms with van der Waals surface area (Å²) in [4.78, 5) is 25.2. The van der Waals surface area contributed by atoms with E-state index in [-0.39, 0.29) is 17.9 Å². The Kier molecular flexibility index (Phi) is 12.7. The molecule has 2 N–H and O–H groups in total. The van der Waals surface area contributed by atoms with Gasteiger partial charge in [0.05, 0.1) is 19.3 Å². The van der Waals surface area contributed by atoms with Crippen molar-refractivity contribution in [3.05, 3.63) is 95.6 Å². The molecule has 53 heavy (non-hydrogen) atoms. The number of likely N-dealkylation sites (N-methyl/N-ethyl adjacent to an activating group) is 1. The molecule has 1 amide bonds. The molecule has 1 aliphatic heterocycles. The van der Waals surface area contributed by atoms with E-state index in [1.807, 2.05) is 41.5 Å². The number of aliphatic hydroxyl groups excluding tert-OH is 1. The number of nitrogens with zero attached hydrogens (tertiary/aromatic N) is 3. The van der Waals surface area contributed by atoms with Crippen LogP contribution < -0.4 is 10.1 Å². The summed E-state index contributed by atoms with van der Waals surface area (Å²) in [6.07, 6.45) is 2.70. The zero-order valence-electron chi connectivity index (χ0n) is 33.4. The zero-order valence-corrected chi connectivity index (χ0v) is 33.4. The van der Waals surface area contributed by atoms with Crippen molar-refractivity contribution in [1.82, 2.24) is 20.2 Å². The van der Waals surface area contributed by atoms with E-state index in [0.717, 1.165) is 55.1 Å². The molecule has 3 aromatic carbocycles. The molecule has 2 bridgehead atoms. The van der Waals surface area contributed by atoms with Gasteiger partial charge in [-0.2, -0.15) is 5.06 Å². The van der Waals surface area contributed by atoms with Crippen LogP contribution in [0.15, 0.2) is 78.9 Å². The van der Waals surface area contributed by atoms with E-state index >= 15 is 0 Å². The summed E-state index contributed by atoms with van der Waals surface area (Å²) in [6, 6.07) is 27.0. The molecular formula is C45H64N4O4. The predicted octanol–water partition coefficient (Wildman–Crippen LogP) is 7.76. The summed E-state index contributed by atoms with van der Waals surface area (Å²) in [5.74, 6) is 3.65. The van der Waals surface area contributed by atoms with Crippen molar-refractivity contribution < 1.29 is 19.5 Å². The highest BCUT2D eigenvalue weighted by atomic mass is 16.7. The number of carbonyl (C=O) groups is 1. The summed E-state index contributed by atoms with van der Waals surface area (Å²) in [5.41, 5.74) is 3.80. The van der Waals surface area contributed by atoms with E-state index in [4.69, 9.17) is 9.57 Å². The summed E-state index contributed by atoms with van der Waals surface area (Å²) in [5, 5.41) is 16.0. The van der Waals surface area contributed by atoms with E-state index in [9.17, 15) is 9.90 Å². The number of hydrogen-bond donors (Lipinski definition) is 2. The lowest BCUT2D eigenvalue weighted by atomic mass is 9.45. The van der Waals surface area contributed by atoms with Gasteiger partial charge in [0, 0.05) is 43.2 Å². The molecule has 4 fully saturated rings. The van der Waals surface area contributed by atoms with Gasteiger partial charge in [-0.05, 0) is 98.7 Å². The van der Waals surface area contributed by atoms with E-state index in [2.05, 4.69) is 106 Å². The lowest BCUT2D eigenvalue weighted by molar-refractivity contribution is -0.161. The maximum Gasteiger partial charge on any atom is 0.240 e. The highest BCUT2D eigenvalue weighted by Gasteiger charge is 2.57. The number of carbonyl (C=O) groups excluding carboxylic acids is 1. The molecule has 3 aliphatic carbocycles. The Labute approximate surface area is 318 Å². The largest absolute Gasteiger partial charge is 0.457 e. The first-order valence-electron chi connectivity index (χ1n) is 20.0. The maximum absolute atomic E-state index is 14.1. The third-order valence-electron chi connectivity index (χ3n) is 12.6. The number of ether oxygens (including phenoxy) is 1. The zero-order chi connectivity index (χ0) is 37.9. The topological polar surface area (TPSA) is 77.5 Å². The van der Waals surface area contributed by atoms with Gasteiger partial charge < -0.3 is 20.1 Å². The van der Waals surface area contributed by atoms with E-state index < -0.39 is 12.1 Å². The lowest BCUT2D eigenvalue weighted by Gasteiger charge is -2.62. The van der Waals surface area contributed by atoms with Crippen molar-refractivity contribution in [1.29, 1.82) is 0 Å². The number of para-hydroxylation sites is 2. The summed E-state index contributed by atoms with van der Waals surface area (Å²) in [7, 11) is 4.31. The first kappa shape index (κ1) is 39.4. The average molecular weight is 725 g/mol. The van der Waals surface area contributed by atoms with Crippen LogP contribution in [0, 0.1) is 35.0 Å². The van der Waals surface area contributed by atoms with Gasteiger partial charge in [-0.15, -0.1) is 0 Å². The van der Waals surface area contributed by atoms with Crippen LogP contribution in [0.5, 0.6) is 11.5 Å². The predicted molar refractivity (Wildman–Crippen MR) is 212 cm³/mol. The molecule has 1 saturated heterocycles. The second-order valence-electron chi connectivity index (χ2n) is 17.6. The number of aliphatic hydroxyl groups is 1. The molecule has 0 aromatic heterocycles. The number of hydrogen-bond acceptors (Lipinski definition) is 7. The highest BCUT2D eigenvalue weighted by Crippen LogP contribution is 2.61. The molecule has 8 atom stereocenters. The minimum absolute atomic E-state index is 0.0247. The first-order valence-corrected chi connectivity index (χ1v) is 20.0. The van der Waals surface area contributed by atoms with Crippen molar-refractivity contribution in [3.63, 3.8) is 0 Å². The fourth-order valence-corrected chi connectivity index (χ4v) is 9.48. The Hall–Kier alpha value is -3.27. The number of nitrogens with one attached hydrogen (secondary N) is 1. The fraction of sp³-hybridized carbons (Fsp3) is 0.578. The van der Waals surface area contributed by atoms with Crippen LogP contribution >= 0.6 is 0 Å². The number of benzene rings is 3. The van der Waals surface area contributed by atoms with Gasteiger partial charge in [-0.3, -0.25) is 14.5 Å². The maximum atomic E-state index is 14.1. The van der Waals surface area contributed by atoms with Crippen molar-refractivity contribution >= 4 is 5.91 Å². The summed E-state index contributed by atoms with van der Waals surface area (Å²) < 4.78 is 6.41. The Bertz CT molecular complexity index is 1630. The van der Waals surface area contributed by atoms with E-state index in [0.29, 0.717) is 48.3 Å². The first-order chi connectivity index (χ1) is 25.3. The Morgan fingerprint density at radius 3 is 2.38 bits per heavy atom. The van der Waals surface area contributed by atoms with Crippen LogP contribution in [-0.4, -0.2) is 77.4 Å². The molecule has 3 aromatic rings. The minimum Gasteiger partial charge on any atom is -0.457 e. The van der Waals surface area contributed by atoms with Crippen LogP contribution in [-0.2, 0) is 29.3 Å². The van der Waals surface area contributed by atoms with Crippen LogP contribution in [0.2, 0.25) is 0 Å². The van der Waals surface area contributed by atoms with Gasteiger partial charge in [0.1, 0.15) is 17.5 Å². The minimum atomic E-state index is -0.657. The lowest BCUT2D eigenvalue weighted by Crippen LogP contribution is -2.62. The molecular weight excluding hydrogens is 661 g/mol. The number of amides is 1. The van der Waals surface area contributed by atoms with Gasteiger partial charge in [0.2, 0.25) is 5.91 Å². The number of rotatable bonds is 16. The Morgan fingerprint density at radius 1 is 0.981 bits per heavy atom. The molecule has 7 rings (SSSR count). The smallest absolute Gasteiger partial charge is 0.240 e.